The summed E-state index contributed by atoms with van der Waals surface area (Å²) in [5.41, 5.74) is -0.472. The van der Waals surface area contributed by atoms with Gasteiger partial charge >= 0.3 is 0 Å². The third-order valence-electron chi connectivity index (χ3n) is 3.27. The van der Waals surface area contributed by atoms with Crippen LogP contribution in [0.5, 0.6) is 0 Å². The normalized spacial score (nSPS) is 25.2. The molecule has 0 radical (unpaired) electrons. The van der Waals surface area contributed by atoms with Crippen molar-refractivity contribution in [3.63, 3.8) is 0 Å². The van der Waals surface area contributed by atoms with E-state index in [1.165, 1.54) is 4.88 Å². The predicted octanol–water partition coefficient (Wildman–Crippen LogP) is 3.80. The van der Waals surface area contributed by atoms with Crippen LogP contribution >= 0.6 is 11.3 Å². The molecule has 0 bridgehead atoms. The highest BCUT2D eigenvalue weighted by atomic mass is 32.1. The average molecular weight is 252 g/mol. The third-order valence-corrected chi connectivity index (χ3v) is 4.78. The van der Waals surface area contributed by atoms with E-state index in [1.54, 1.807) is 11.3 Å². The summed E-state index contributed by atoms with van der Waals surface area (Å²) in [6, 6.07) is 4.01. The monoisotopic (exact) mass is 252 g/mol. The first-order valence-electron chi connectivity index (χ1n) is 6.12. The zero-order valence-electron chi connectivity index (χ0n) is 11.0. The second kappa shape index (κ2) is 4.21. The largest absolute Gasteiger partial charge is 0.367 e. The molecule has 17 heavy (non-hydrogen) atoms. The summed E-state index contributed by atoms with van der Waals surface area (Å²) >= 11 is 1.60. The molecule has 2 nitrogen and oxygen atoms in total. The highest BCUT2D eigenvalue weighted by Gasteiger charge is 2.39. The van der Waals surface area contributed by atoms with Crippen LogP contribution in [0.15, 0.2) is 12.1 Å². The maximum Gasteiger partial charge on any atom is 0.204 e. The number of thiophene rings is 1. The second-order valence-corrected chi connectivity index (χ2v) is 7.01. The molecule has 0 N–H and O–H groups in total. The quantitative estimate of drug-likeness (QED) is 0.748. The topological polar surface area (TPSA) is 26.3 Å². The van der Waals surface area contributed by atoms with Crippen LogP contribution in [-0.2, 0) is 10.2 Å². The average Bonchev–Trinajstić information content (AvgIpc) is 2.84. The summed E-state index contributed by atoms with van der Waals surface area (Å²) in [5.74, 6) is 0.149. The van der Waals surface area contributed by atoms with Gasteiger partial charge in [0.15, 0.2) is 0 Å². The minimum Gasteiger partial charge on any atom is -0.367 e. The van der Waals surface area contributed by atoms with E-state index in [4.69, 9.17) is 4.74 Å². The molecule has 0 amide bonds. The van der Waals surface area contributed by atoms with Gasteiger partial charge in [0.05, 0.1) is 4.88 Å². The van der Waals surface area contributed by atoms with Gasteiger partial charge in [-0.15, -0.1) is 11.3 Å². The van der Waals surface area contributed by atoms with Gasteiger partial charge in [-0.1, -0.05) is 20.8 Å². The Balaban J connectivity index is 2.23. The lowest BCUT2D eigenvalue weighted by molar-refractivity contribution is 0.0217. The lowest BCUT2D eigenvalue weighted by Crippen LogP contribution is -2.33. The van der Waals surface area contributed by atoms with Crippen LogP contribution in [-0.4, -0.2) is 18.0 Å². The lowest BCUT2D eigenvalue weighted by Gasteiger charge is -2.20. The minimum absolute atomic E-state index is 0.112. The maximum absolute atomic E-state index is 12.4. The Labute approximate surface area is 107 Å². The number of Topliss-reactive ketones (excluding diaryl/α,β-unsaturated/α-hetero) is 1. The highest BCUT2D eigenvalue weighted by Crippen LogP contribution is 2.34. The molecule has 1 saturated heterocycles. The Bertz CT molecular complexity index is 420. The molecule has 1 fully saturated rings. The summed E-state index contributed by atoms with van der Waals surface area (Å²) in [4.78, 5) is 14.5. The minimum atomic E-state index is -0.583. The van der Waals surface area contributed by atoms with E-state index in [2.05, 4.69) is 26.8 Å². The number of ether oxygens (including phenoxy) is 1. The van der Waals surface area contributed by atoms with Crippen molar-refractivity contribution in [1.29, 1.82) is 0 Å². The zero-order chi connectivity index (χ0) is 12.7. The number of hydrogen-bond donors (Lipinski definition) is 0. The number of ketones is 1. The van der Waals surface area contributed by atoms with Crippen molar-refractivity contribution in [1.82, 2.24) is 0 Å². The van der Waals surface area contributed by atoms with Crippen molar-refractivity contribution < 1.29 is 9.53 Å². The van der Waals surface area contributed by atoms with Gasteiger partial charge in [-0.2, -0.15) is 0 Å². The summed E-state index contributed by atoms with van der Waals surface area (Å²) in [7, 11) is 0. The van der Waals surface area contributed by atoms with Crippen LogP contribution in [0, 0.1) is 0 Å². The molecule has 2 rings (SSSR count). The van der Waals surface area contributed by atoms with Gasteiger partial charge in [0.2, 0.25) is 5.78 Å². The number of carbonyl (C=O) groups is 1. The molecule has 0 saturated carbocycles. The summed E-state index contributed by atoms with van der Waals surface area (Å²) < 4.78 is 5.61. The lowest BCUT2D eigenvalue weighted by atomic mass is 9.94. The maximum atomic E-state index is 12.4. The van der Waals surface area contributed by atoms with Crippen molar-refractivity contribution in [3.05, 3.63) is 21.9 Å². The van der Waals surface area contributed by atoms with Gasteiger partial charge in [-0.3, -0.25) is 4.79 Å². The van der Waals surface area contributed by atoms with E-state index >= 15 is 0 Å². The molecule has 0 aliphatic carbocycles. The highest BCUT2D eigenvalue weighted by molar-refractivity contribution is 7.14. The SMILES string of the molecule is CC1(C(=O)c2ccc(C(C)(C)C)s2)CCCO1. The summed E-state index contributed by atoms with van der Waals surface area (Å²) in [6.45, 7) is 9.13. The molecule has 0 spiro atoms. The molecule has 94 valence electrons. The van der Waals surface area contributed by atoms with Crippen LogP contribution in [0.3, 0.4) is 0 Å². The van der Waals surface area contributed by atoms with E-state index in [9.17, 15) is 4.79 Å². The van der Waals surface area contributed by atoms with E-state index in [0.29, 0.717) is 6.61 Å². The van der Waals surface area contributed by atoms with E-state index in [0.717, 1.165) is 17.7 Å². The second-order valence-electron chi connectivity index (χ2n) is 5.93. The van der Waals surface area contributed by atoms with Gasteiger partial charge in [0.1, 0.15) is 5.60 Å². The Kier molecular flexibility index (Phi) is 3.17. The predicted molar refractivity (Wildman–Crippen MR) is 70.9 cm³/mol. The Morgan fingerprint density at radius 1 is 1.41 bits per heavy atom. The Hall–Kier alpha value is -0.670. The zero-order valence-corrected chi connectivity index (χ0v) is 11.8. The van der Waals surface area contributed by atoms with Crippen molar-refractivity contribution in [2.45, 2.75) is 51.6 Å². The smallest absolute Gasteiger partial charge is 0.204 e. The van der Waals surface area contributed by atoms with Gasteiger partial charge in [0.25, 0.3) is 0 Å². The summed E-state index contributed by atoms with van der Waals surface area (Å²) in [6.07, 6.45) is 1.83. The fraction of sp³-hybridized carbons (Fsp3) is 0.643. The van der Waals surface area contributed by atoms with E-state index < -0.39 is 5.60 Å². The van der Waals surface area contributed by atoms with Gasteiger partial charge < -0.3 is 4.74 Å². The van der Waals surface area contributed by atoms with Crippen LogP contribution in [0.2, 0.25) is 0 Å². The molecule has 2 heterocycles. The van der Waals surface area contributed by atoms with Crippen LogP contribution in [0.4, 0.5) is 0 Å². The molecule has 1 aromatic rings. The molecule has 1 aliphatic heterocycles. The van der Waals surface area contributed by atoms with Gasteiger partial charge in [-0.05, 0) is 37.3 Å². The Morgan fingerprint density at radius 2 is 2.12 bits per heavy atom. The van der Waals surface area contributed by atoms with Crippen molar-refractivity contribution in [3.8, 4) is 0 Å². The van der Waals surface area contributed by atoms with Crippen LogP contribution in [0.1, 0.15) is 55.1 Å². The van der Waals surface area contributed by atoms with Crippen LogP contribution in [0.25, 0.3) is 0 Å². The van der Waals surface area contributed by atoms with Crippen LogP contribution < -0.4 is 0 Å². The first-order chi connectivity index (χ1) is 7.83. The molecule has 1 aromatic heterocycles. The number of carbonyl (C=O) groups excluding carboxylic acids is 1. The van der Waals surface area contributed by atoms with Gasteiger partial charge in [0, 0.05) is 11.5 Å². The molecule has 1 atom stereocenters. The first-order valence-corrected chi connectivity index (χ1v) is 6.94. The van der Waals surface area contributed by atoms with Crippen molar-refractivity contribution in [2.75, 3.05) is 6.61 Å². The fourth-order valence-corrected chi connectivity index (χ4v) is 3.21. The molecule has 1 unspecified atom stereocenters. The van der Waals surface area contributed by atoms with Crippen molar-refractivity contribution in [2.24, 2.45) is 0 Å². The molecular weight excluding hydrogens is 232 g/mol. The van der Waals surface area contributed by atoms with Crippen molar-refractivity contribution >= 4 is 17.1 Å². The van der Waals surface area contributed by atoms with E-state index in [1.807, 2.05) is 13.0 Å². The molecule has 1 aliphatic rings. The molecule has 0 aromatic carbocycles. The molecule has 3 heteroatoms. The Morgan fingerprint density at radius 3 is 2.59 bits per heavy atom. The fourth-order valence-electron chi connectivity index (χ4n) is 2.08. The standard InChI is InChI=1S/C14H20O2S/c1-13(2,3)11-7-6-10(17-11)12(15)14(4)8-5-9-16-14/h6-7H,5,8-9H2,1-4H3. The first kappa shape index (κ1) is 12.8. The number of hydrogen-bond acceptors (Lipinski definition) is 3. The molecular formula is C14H20O2S. The van der Waals surface area contributed by atoms with E-state index in [-0.39, 0.29) is 11.2 Å². The third kappa shape index (κ3) is 2.45. The van der Waals surface area contributed by atoms with Gasteiger partial charge in [-0.25, -0.2) is 0 Å². The number of rotatable bonds is 2. The summed E-state index contributed by atoms with van der Waals surface area (Å²) in [5, 5.41) is 0.